The summed E-state index contributed by atoms with van der Waals surface area (Å²) in [5.74, 6) is 7.07. The lowest BCUT2D eigenvalue weighted by Gasteiger charge is -2.36. The molecule has 0 spiro atoms. The summed E-state index contributed by atoms with van der Waals surface area (Å²) in [6.45, 7) is 7.50. The fraction of sp³-hybridized carbons (Fsp3) is 0.583. The average Bonchev–Trinajstić information content (AvgIpc) is 2.46. The number of rotatable bonds is 2. The minimum Gasteiger partial charge on any atom is -0.338 e. The van der Waals surface area contributed by atoms with Crippen molar-refractivity contribution in [3.63, 3.8) is 0 Å². The van der Waals surface area contributed by atoms with E-state index in [0.29, 0.717) is 0 Å². The van der Waals surface area contributed by atoms with Gasteiger partial charge < -0.3 is 9.80 Å². The van der Waals surface area contributed by atoms with Gasteiger partial charge in [-0.25, -0.2) is 20.8 Å². The van der Waals surface area contributed by atoms with Gasteiger partial charge in [0.2, 0.25) is 11.9 Å². The molecule has 19 heavy (non-hydrogen) atoms. The molecule has 2 rings (SSSR count). The van der Waals surface area contributed by atoms with Crippen molar-refractivity contribution in [2.24, 2.45) is 10.8 Å². The van der Waals surface area contributed by atoms with Gasteiger partial charge in [-0.3, -0.25) is 5.43 Å². The Kier molecular flexibility index (Phi) is 4.51. The molecule has 0 aromatic carbocycles. The van der Waals surface area contributed by atoms with Crippen LogP contribution in [-0.2, 0) is 0 Å². The molecule has 1 aliphatic rings. The zero-order valence-corrected chi connectivity index (χ0v) is 11.5. The Balaban J connectivity index is 1.95. The smallest absolute Gasteiger partial charge is 0.225 e. The van der Waals surface area contributed by atoms with Crippen LogP contribution in [0.4, 0.5) is 5.95 Å². The Morgan fingerprint density at radius 3 is 2.42 bits per heavy atom. The summed E-state index contributed by atoms with van der Waals surface area (Å²) < 4.78 is 0. The predicted octanol–water partition coefficient (Wildman–Crippen LogP) is -0.174. The topological polar surface area (TPSA) is 82.7 Å². The van der Waals surface area contributed by atoms with E-state index in [1.54, 1.807) is 12.4 Å². The number of piperazine rings is 1. The Morgan fingerprint density at radius 1 is 1.26 bits per heavy atom. The lowest BCUT2D eigenvalue weighted by Crippen LogP contribution is -2.54. The third kappa shape index (κ3) is 3.54. The first-order valence-corrected chi connectivity index (χ1v) is 6.52. The van der Waals surface area contributed by atoms with E-state index in [4.69, 9.17) is 5.84 Å². The van der Waals surface area contributed by atoms with Crippen molar-refractivity contribution in [2.75, 3.05) is 31.1 Å². The normalized spacial score (nSPS) is 16.9. The van der Waals surface area contributed by atoms with Crippen LogP contribution in [0.1, 0.15) is 13.8 Å². The van der Waals surface area contributed by atoms with Gasteiger partial charge in [0.25, 0.3) is 0 Å². The van der Waals surface area contributed by atoms with Gasteiger partial charge in [0, 0.05) is 44.6 Å². The zero-order valence-electron chi connectivity index (χ0n) is 11.5. The summed E-state index contributed by atoms with van der Waals surface area (Å²) in [5.41, 5.74) is 2.68. The first-order valence-electron chi connectivity index (χ1n) is 6.52. The minimum absolute atomic E-state index is 0.224. The minimum atomic E-state index is 0.224. The third-order valence-electron chi connectivity index (χ3n) is 2.92. The number of hydrogen-bond acceptors (Lipinski definition) is 5. The summed E-state index contributed by atoms with van der Waals surface area (Å²) in [5, 5.41) is 0. The fourth-order valence-corrected chi connectivity index (χ4v) is 2.03. The quantitative estimate of drug-likeness (QED) is 0.333. The highest BCUT2D eigenvalue weighted by molar-refractivity contribution is 5.79. The third-order valence-corrected chi connectivity index (χ3v) is 2.92. The number of nitrogens with zero attached hydrogens (tertiary/aromatic N) is 5. The van der Waals surface area contributed by atoms with Crippen molar-refractivity contribution in [1.29, 1.82) is 0 Å². The second kappa shape index (κ2) is 6.33. The monoisotopic (exact) mass is 263 g/mol. The van der Waals surface area contributed by atoms with Crippen LogP contribution in [0, 0.1) is 0 Å². The van der Waals surface area contributed by atoms with Gasteiger partial charge in [0.15, 0.2) is 0 Å². The van der Waals surface area contributed by atoms with E-state index in [0.717, 1.165) is 38.1 Å². The van der Waals surface area contributed by atoms with Gasteiger partial charge in [-0.1, -0.05) is 0 Å². The summed E-state index contributed by atoms with van der Waals surface area (Å²) in [4.78, 5) is 17.3. The maximum Gasteiger partial charge on any atom is 0.225 e. The van der Waals surface area contributed by atoms with Crippen LogP contribution in [0.5, 0.6) is 0 Å². The molecule has 7 nitrogen and oxygen atoms in total. The summed E-state index contributed by atoms with van der Waals surface area (Å²) >= 11 is 0. The number of hydrogen-bond donors (Lipinski definition) is 2. The Bertz CT molecular complexity index is 409. The van der Waals surface area contributed by atoms with E-state index in [1.165, 1.54) is 0 Å². The summed E-state index contributed by atoms with van der Waals surface area (Å²) in [6, 6.07) is 2.05. The van der Waals surface area contributed by atoms with Crippen molar-refractivity contribution in [1.82, 2.24) is 20.3 Å². The molecule has 0 atom stereocenters. The van der Waals surface area contributed by atoms with Crippen molar-refractivity contribution >= 4 is 11.9 Å². The van der Waals surface area contributed by atoms with Crippen molar-refractivity contribution in [3.8, 4) is 0 Å². The van der Waals surface area contributed by atoms with Crippen LogP contribution < -0.4 is 16.2 Å². The molecule has 0 unspecified atom stereocenters. The molecule has 0 aliphatic carbocycles. The van der Waals surface area contributed by atoms with E-state index in [9.17, 15) is 0 Å². The Hall–Kier alpha value is -1.89. The number of guanidine groups is 1. The van der Waals surface area contributed by atoms with Gasteiger partial charge in [-0.05, 0) is 19.9 Å². The van der Waals surface area contributed by atoms with E-state index in [1.807, 2.05) is 19.9 Å². The van der Waals surface area contributed by atoms with E-state index in [-0.39, 0.29) is 6.04 Å². The number of anilines is 1. The number of nitrogens with one attached hydrogen (secondary N) is 1. The Labute approximate surface area is 113 Å². The second-order valence-corrected chi connectivity index (χ2v) is 4.71. The van der Waals surface area contributed by atoms with Gasteiger partial charge in [-0.15, -0.1) is 0 Å². The maximum absolute atomic E-state index is 5.54. The highest BCUT2D eigenvalue weighted by atomic mass is 15.4. The van der Waals surface area contributed by atoms with Crippen molar-refractivity contribution in [3.05, 3.63) is 18.5 Å². The molecule has 0 bridgehead atoms. The van der Waals surface area contributed by atoms with Crippen LogP contribution in [-0.4, -0.2) is 53.0 Å². The molecule has 0 amide bonds. The molecule has 7 heteroatoms. The van der Waals surface area contributed by atoms with Crippen molar-refractivity contribution in [2.45, 2.75) is 19.9 Å². The molecule has 0 radical (unpaired) electrons. The maximum atomic E-state index is 5.54. The van der Waals surface area contributed by atoms with Crippen molar-refractivity contribution < 1.29 is 0 Å². The number of nitrogens with two attached hydrogens (primary N) is 1. The fourth-order valence-electron chi connectivity index (χ4n) is 2.03. The van der Waals surface area contributed by atoms with Crippen LogP contribution in [0.2, 0.25) is 0 Å². The Morgan fingerprint density at radius 2 is 1.89 bits per heavy atom. The molecule has 104 valence electrons. The number of aliphatic imine (C=N–C) groups is 1. The number of hydrazine groups is 1. The van der Waals surface area contributed by atoms with Gasteiger partial charge >= 0.3 is 0 Å². The van der Waals surface area contributed by atoms with E-state index >= 15 is 0 Å². The molecule has 1 aromatic rings. The zero-order chi connectivity index (χ0) is 13.7. The molecule has 1 aliphatic heterocycles. The molecule has 1 fully saturated rings. The summed E-state index contributed by atoms with van der Waals surface area (Å²) in [6.07, 6.45) is 3.53. The summed E-state index contributed by atoms with van der Waals surface area (Å²) in [7, 11) is 0. The predicted molar refractivity (Wildman–Crippen MR) is 75.7 cm³/mol. The average molecular weight is 263 g/mol. The van der Waals surface area contributed by atoms with E-state index < -0.39 is 0 Å². The largest absolute Gasteiger partial charge is 0.338 e. The first kappa shape index (κ1) is 13.5. The van der Waals surface area contributed by atoms with Gasteiger partial charge in [0.05, 0.1) is 0 Å². The van der Waals surface area contributed by atoms with Crippen LogP contribution in [0.25, 0.3) is 0 Å². The molecule has 1 saturated heterocycles. The molecular weight excluding hydrogens is 242 g/mol. The lowest BCUT2D eigenvalue weighted by atomic mass is 10.3. The SMILES string of the molecule is CC(C)N=C(NN)N1CCN(c2ncccn2)CC1. The lowest BCUT2D eigenvalue weighted by molar-refractivity contribution is 0.369. The van der Waals surface area contributed by atoms with E-state index in [2.05, 4.69) is 30.2 Å². The second-order valence-electron chi connectivity index (χ2n) is 4.71. The highest BCUT2D eigenvalue weighted by Gasteiger charge is 2.20. The van der Waals surface area contributed by atoms with Crippen LogP contribution in [0.3, 0.4) is 0 Å². The standard InChI is InChI=1S/C12H21N7/c1-10(2)16-12(17-13)19-8-6-18(7-9-19)11-14-4-3-5-15-11/h3-5,10H,6-9,13H2,1-2H3,(H,16,17). The molecule has 3 N–H and O–H groups in total. The van der Waals surface area contributed by atoms with Crippen LogP contribution >= 0.6 is 0 Å². The first-order chi connectivity index (χ1) is 9.20. The molecule has 1 aromatic heterocycles. The van der Waals surface area contributed by atoms with Gasteiger partial charge in [0.1, 0.15) is 0 Å². The molecule has 0 saturated carbocycles. The molecular formula is C12H21N7. The number of aromatic nitrogens is 2. The highest BCUT2D eigenvalue weighted by Crippen LogP contribution is 2.09. The molecule has 2 heterocycles. The van der Waals surface area contributed by atoms with Gasteiger partial charge in [-0.2, -0.15) is 0 Å². The van der Waals surface area contributed by atoms with Crippen LogP contribution in [0.15, 0.2) is 23.5 Å².